The SMILES string of the molecule is COC(=O)CCC(O)c1cc(Cl)c2c(c1)OCCCO2. The summed E-state index contributed by atoms with van der Waals surface area (Å²) in [6.07, 6.45) is 0.390. The maximum atomic E-state index is 11.1. The first kappa shape index (κ1) is 14.9. The Balaban J connectivity index is 2.14. The third-order valence-corrected chi connectivity index (χ3v) is 3.34. The van der Waals surface area contributed by atoms with Crippen LogP contribution < -0.4 is 9.47 Å². The molecule has 0 radical (unpaired) electrons. The lowest BCUT2D eigenvalue weighted by Gasteiger charge is -2.15. The molecular formula is C14H17ClO5. The number of hydrogen-bond donors (Lipinski definition) is 1. The van der Waals surface area contributed by atoms with Crippen molar-refractivity contribution in [3.63, 3.8) is 0 Å². The first-order chi connectivity index (χ1) is 9.61. The molecule has 1 atom stereocenters. The van der Waals surface area contributed by atoms with Crippen LogP contribution in [0.3, 0.4) is 0 Å². The Morgan fingerprint density at radius 3 is 2.95 bits per heavy atom. The summed E-state index contributed by atoms with van der Waals surface area (Å²) >= 11 is 6.15. The highest BCUT2D eigenvalue weighted by atomic mass is 35.5. The number of aliphatic hydroxyl groups excluding tert-OH is 1. The lowest BCUT2D eigenvalue weighted by atomic mass is 10.0. The molecule has 1 aliphatic rings. The van der Waals surface area contributed by atoms with Crippen molar-refractivity contribution in [2.45, 2.75) is 25.4 Å². The van der Waals surface area contributed by atoms with Gasteiger partial charge in [0.2, 0.25) is 0 Å². The third-order valence-electron chi connectivity index (χ3n) is 3.06. The van der Waals surface area contributed by atoms with E-state index in [4.69, 9.17) is 21.1 Å². The zero-order valence-electron chi connectivity index (χ0n) is 11.2. The van der Waals surface area contributed by atoms with Crippen LogP contribution in [0.1, 0.15) is 30.9 Å². The lowest BCUT2D eigenvalue weighted by molar-refractivity contribution is -0.141. The Labute approximate surface area is 122 Å². The number of aliphatic hydroxyl groups is 1. The predicted molar refractivity (Wildman–Crippen MR) is 73.3 cm³/mol. The summed E-state index contributed by atoms with van der Waals surface area (Å²) < 4.78 is 15.6. The number of halogens is 1. The summed E-state index contributed by atoms with van der Waals surface area (Å²) in [6, 6.07) is 3.34. The van der Waals surface area contributed by atoms with Crippen molar-refractivity contribution < 1.29 is 24.1 Å². The Morgan fingerprint density at radius 2 is 2.20 bits per heavy atom. The van der Waals surface area contributed by atoms with Gasteiger partial charge in [-0.1, -0.05) is 11.6 Å². The smallest absolute Gasteiger partial charge is 0.305 e. The summed E-state index contributed by atoms with van der Waals surface area (Å²) in [5.41, 5.74) is 0.600. The Hall–Kier alpha value is -1.46. The number of carbonyl (C=O) groups is 1. The standard InChI is InChI=1S/C14H17ClO5/c1-18-13(17)4-3-11(16)9-7-10(15)14-12(8-9)19-5-2-6-20-14/h7-8,11,16H,2-6H2,1H3. The van der Waals surface area contributed by atoms with Gasteiger partial charge >= 0.3 is 5.97 Å². The van der Waals surface area contributed by atoms with E-state index < -0.39 is 6.10 Å². The molecule has 0 saturated carbocycles. The highest BCUT2D eigenvalue weighted by Crippen LogP contribution is 2.39. The lowest BCUT2D eigenvalue weighted by Crippen LogP contribution is -2.05. The van der Waals surface area contributed by atoms with Crippen LogP contribution in [0, 0.1) is 0 Å². The molecule has 1 N–H and O–H groups in total. The fourth-order valence-electron chi connectivity index (χ4n) is 1.97. The molecule has 1 aromatic carbocycles. The monoisotopic (exact) mass is 300 g/mol. The maximum absolute atomic E-state index is 11.1. The van der Waals surface area contributed by atoms with Gasteiger partial charge in [0, 0.05) is 12.8 Å². The van der Waals surface area contributed by atoms with E-state index in [0.717, 1.165) is 6.42 Å². The second-order valence-corrected chi connectivity index (χ2v) is 4.92. The van der Waals surface area contributed by atoms with Crippen LogP contribution in [-0.2, 0) is 9.53 Å². The van der Waals surface area contributed by atoms with Crippen molar-refractivity contribution >= 4 is 17.6 Å². The number of rotatable bonds is 4. The van der Waals surface area contributed by atoms with Crippen molar-refractivity contribution in [3.05, 3.63) is 22.7 Å². The van der Waals surface area contributed by atoms with E-state index in [1.165, 1.54) is 7.11 Å². The fourth-order valence-corrected chi connectivity index (χ4v) is 2.24. The number of fused-ring (bicyclic) bond motifs is 1. The molecule has 0 fully saturated rings. The molecule has 0 bridgehead atoms. The Morgan fingerprint density at radius 1 is 1.45 bits per heavy atom. The topological polar surface area (TPSA) is 65.0 Å². The zero-order chi connectivity index (χ0) is 14.5. The maximum Gasteiger partial charge on any atom is 0.305 e. The molecule has 2 rings (SSSR count). The number of benzene rings is 1. The van der Waals surface area contributed by atoms with Crippen molar-refractivity contribution in [2.24, 2.45) is 0 Å². The van der Waals surface area contributed by atoms with Gasteiger partial charge < -0.3 is 19.3 Å². The molecule has 1 aliphatic heterocycles. The summed E-state index contributed by atoms with van der Waals surface area (Å²) in [5, 5.41) is 10.5. The number of carbonyl (C=O) groups excluding carboxylic acids is 1. The molecule has 1 unspecified atom stereocenters. The van der Waals surface area contributed by atoms with E-state index in [1.54, 1.807) is 12.1 Å². The van der Waals surface area contributed by atoms with Crippen LogP contribution >= 0.6 is 11.6 Å². The van der Waals surface area contributed by atoms with E-state index in [1.807, 2.05) is 0 Å². The van der Waals surface area contributed by atoms with Gasteiger partial charge in [0.25, 0.3) is 0 Å². The second-order valence-electron chi connectivity index (χ2n) is 4.51. The van der Waals surface area contributed by atoms with Gasteiger partial charge in [-0.25, -0.2) is 0 Å². The average molecular weight is 301 g/mol. The first-order valence-electron chi connectivity index (χ1n) is 6.45. The highest BCUT2D eigenvalue weighted by molar-refractivity contribution is 6.32. The summed E-state index contributed by atoms with van der Waals surface area (Å²) in [5.74, 6) is 0.680. The molecule has 110 valence electrons. The number of esters is 1. The van der Waals surface area contributed by atoms with E-state index >= 15 is 0 Å². The van der Waals surface area contributed by atoms with Gasteiger partial charge in [-0.3, -0.25) is 4.79 Å². The van der Waals surface area contributed by atoms with Gasteiger partial charge in [0.05, 0.1) is 31.5 Å². The van der Waals surface area contributed by atoms with E-state index in [9.17, 15) is 9.90 Å². The van der Waals surface area contributed by atoms with E-state index in [0.29, 0.717) is 35.3 Å². The summed E-state index contributed by atoms with van der Waals surface area (Å²) in [4.78, 5) is 11.1. The third kappa shape index (κ3) is 3.55. The summed E-state index contributed by atoms with van der Waals surface area (Å²) in [7, 11) is 1.32. The molecule has 6 heteroatoms. The van der Waals surface area contributed by atoms with Gasteiger partial charge in [0.15, 0.2) is 11.5 Å². The van der Waals surface area contributed by atoms with E-state index in [-0.39, 0.29) is 18.8 Å². The predicted octanol–water partition coefficient (Wildman–Crippen LogP) is 2.49. The number of methoxy groups -OCH3 is 1. The molecule has 5 nitrogen and oxygen atoms in total. The van der Waals surface area contributed by atoms with Crippen molar-refractivity contribution in [2.75, 3.05) is 20.3 Å². The van der Waals surface area contributed by atoms with Crippen molar-refractivity contribution in [1.82, 2.24) is 0 Å². The first-order valence-corrected chi connectivity index (χ1v) is 6.83. The van der Waals surface area contributed by atoms with Crippen molar-refractivity contribution in [3.8, 4) is 11.5 Å². The minimum absolute atomic E-state index is 0.143. The molecule has 1 aromatic rings. The van der Waals surface area contributed by atoms with Crippen LogP contribution in [0.25, 0.3) is 0 Å². The van der Waals surface area contributed by atoms with Gasteiger partial charge in [-0.15, -0.1) is 0 Å². The molecule has 0 saturated heterocycles. The molecule has 0 amide bonds. The van der Waals surface area contributed by atoms with Gasteiger partial charge in [-0.05, 0) is 24.1 Å². The summed E-state index contributed by atoms with van der Waals surface area (Å²) in [6.45, 7) is 1.10. The minimum Gasteiger partial charge on any atom is -0.489 e. The normalized spacial score (nSPS) is 15.3. The average Bonchev–Trinajstić information content (AvgIpc) is 2.69. The molecule has 20 heavy (non-hydrogen) atoms. The molecule has 0 aliphatic carbocycles. The fraction of sp³-hybridized carbons (Fsp3) is 0.500. The second kappa shape index (κ2) is 6.81. The largest absolute Gasteiger partial charge is 0.489 e. The van der Waals surface area contributed by atoms with E-state index in [2.05, 4.69) is 4.74 Å². The van der Waals surface area contributed by atoms with Crippen LogP contribution in [0.2, 0.25) is 5.02 Å². The zero-order valence-corrected chi connectivity index (χ0v) is 12.0. The highest BCUT2D eigenvalue weighted by Gasteiger charge is 2.19. The van der Waals surface area contributed by atoms with Crippen LogP contribution in [0.4, 0.5) is 0 Å². The quantitative estimate of drug-likeness (QED) is 0.866. The molecule has 0 aromatic heterocycles. The van der Waals surface area contributed by atoms with Gasteiger partial charge in [-0.2, -0.15) is 0 Å². The molecular weight excluding hydrogens is 284 g/mol. The van der Waals surface area contributed by atoms with Crippen LogP contribution in [-0.4, -0.2) is 31.4 Å². The molecule has 1 heterocycles. The van der Waals surface area contributed by atoms with Crippen LogP contribution in [0.15, 0.2) is 12.1 Å². The van der Waals surface area contributed by atoms with Crippen LogP contribution in [0.5, 0.6) is 11.5 Å². The number of ether oxygens (including phenoxy) is 3. The van der Waals surface area contributed by atoms with Crippen molar-refractivity contribution in [1.29, 1.82) is 0 Å². The number of hydrogen-bond acceptors (Lipinski definition) is 5. The minimum atomic E-state index is -0.802. The Kier molecular flexibility index (Phi) is 5.09. The van der Waals surface area contributed by atoms with Gasteiger partial charge in [0.1, 0.15) is 0 Å². The molecule has 0 spiro atoms. The Bertz CT molecular complexity index is 489.